The normalized spacial score (nSPS) is 15.5. The Labute approximate surface area is 111 Å². The number of carbonyl (C=O) groups excluding carboxylic acids is 1. The average Bonchev–Trinajstić information content (AvgIpc) is 2.67. The second-order valence-corrected chi connectivity index (χ2v) is 5.09. The van der Waals surface area contributed by atoms with Crippen LogP contribution in [-0.4, -0.2) is 40.7 Å². The van der Waals surface area contributed by atoms with Crippen molar-refractivity contribution in [3.63, 3.8) is 0 Å². The van der Waals surface area contributed by atoms with Crippen molar-refractivity contribution in [1.29, 1.82) is 0 Å². The van der Waals surface area contributed by atoms with Crippen molar-refractivity contribution in [3.8, 4) is 0 Å². The van der Waals surface area contributed by atoms with Gasteiger partial charge in [-0.25, -0.2) is 4.98 Å². The number of fused-ring (bicyclic) bond motifs is 1. The Bertz CT molecular complexity index is 629. The van der Waals surface area contributed by atoms with E-state index in [4.69, 9.17) is 0 Å². The van der Waals surface area contributed by atoms with Gasteiger partial charge in [-0.3, -0.25) is 9.89 Å². The molecule has 6 heteroatoms. The second kappa shape index (κ2) is 4.62. The van der Waals surface area contributed by atoms with E-state index in [1.54, 1.807) is 0 Å². The molecule has 6 nitrogen and oxygen atoms in total. The number of nitrogens with one attached hydrogen (secondary N) is 3. The van der Waals surface area contributed by atoms with Gasteiger partial charge >= 0.3 is 0 Å². The minimum atomic E-state index is -0.0492. The van der Waals surface area contributed by atoms with Gasteiger partial charge in [-0.2, -0.15) is 5.10 Å². The number of amides is 1. The number of H-pyrrole nitrogens is 1. The number of hydrogen-bond donors (Lipinski definition) is 3. The molecule has 3 heterocycles. The van der Waals surface area contributed by atoms with Crippen LogP contribution in [0.25, 0.3) is 11.0 Å². The largest absolute Gasteiger partial charge is 0.352 e. The van der Waals surface area contributed by atoms with Gasteiger partial charge in [0.1, 0.15) is 0 Å². The van der Waals surface area contributed by atoms with Gasteiger partial charge < -0.3 is 10.6 Å². The number of nitrogens with zero attached hydrogens (tertiary/aromatic N) is 2. The Balaban J connectivity index is 1.89. The van der Waals surface area contributed by atoms with E-state index >= 15 is 0 Å². The molecule has 0 atom stereocenters. The first-order valence-electron chi connectivity index (χ1n) is 6.46. The highest BCUT2D eigenvalue weighted by molar-refractivity contribution is 6.06. The van der Waals surface area contributed by atoms with Gasteiger partial charge in [0.2, 0.25) is 0 Å². The van der Waals surface area contributed by atoms with Crippen LogP contribution in [0.15, 0.2) is 6.07 Å². The topological polar surface area (TPSA) is 82.7 Å². The van der Waals surface area contributed by atoms with Crippen LogP contribution in [0, 0.1) is 19.8 Å². The smallest absolute Gasteiger partial charge is 0.252 e. The van der Waals surface area contributed by atoms with Crippen molar-refractivity contribution in [3.05, 3.63) is 23.0 Å². The summed E-state index contributed by atoms with van der Waals surface area (Å²) in [5.74, 6) is 0.500. The van der Waals surface area contributed by atoms with Crippen molar-refractivity contribution in [2.24, 2.45) is 5.92 Å². The summed E-state index contributed by atoms with van der Waals surface area (Å²) in [4.78, 5) is 16.6. The van der Waals surface area contributed by atoms with Gasteiger partial charge in [-0.15, -0.1) is 0 Å². The molecule has 0 bridgehead atoms. The predicted octanol–water partition coefficient (Wildman–Crippen LogP) is 0.524. The highest BCUT2D eigenvalue weighted by Gasteiger charge is 2.20. The van der Waals surface area contributed by atoms with E-state index in [9.17, 15) is 4.79 Å². The molecule has 0 aliphatic carbocycles. The maximum atomic E-state index is 12.3. The number of hydrogen-bond acceptors (Lipinski definition) is 4. The predicted molar refractivity (Wildman–Crippen MR) is 72.1 cm³/mol. The SMILES string of the molecule is Cc1cc(C(=O)NCC2CNC2)c2c(C)[nH]nc2n1. The molecule has 100 valence electrons. The molecule has 1 amide bonds. The zero-order valence-corrected chi connectivity index (χ0v) is 11.1. The summed E-state index contributed by atoms with van der Waals surface area (Å²) in [7, 11) is 0. The van der Waals surface area contributed by atoms with Crippen LogP contribution in [0.2, 0.25) is 0 Å². The molecular formula is C13H17N5O. The number of pyridine rings is 1. The first-order valence-corrected chi connectivity index (χ1v) is 6.46. The maximum Gasteiger partial charge on any atom is 0.252 e. The van der Waals surface area contributed by atoms with Crippen LogP contribution in [0.5, 0.6) is 0 Å². The molecule has 3 N–H and O–H groups in total. The van der Waals surface area contributed by atoms with Gasteiger partial charge in [-0.05, 0) is 19.9 Å². The summed E-state index contributed by atoms with van der Waals surface area (Å²) in [6, 6.07) is 1.82. The molecule has 2 aromatic heterocycles. The summed E-state index contributed by atoms with van der Waals surface area (Å²) in [6.45, 7) is 6.45. The lowest BCUT2D eigenvalue weighted by Crippen LogP contribution is -2.48. The maximum absolute atomic E-state index is 12.3. The van der Waals surface area contributed by atoms with E-state index in [0.29, 0.717) is 23.7 Å². The second-order valence-electron chi connectivity index (χ2n) is 5.09. The van der Waals surface area contributed by atoms with Gasteiger partial charge in [0, 0.05) is 36.9 Å². The van der Waals surface area contributed by atoms with Crippen LogP contribution in [0.3, 0.4) is 0 Å². The summed E-state index contributed by atoms with van der Waals surface area (Å²) in [6.07, 6.45) is 0. The molecule has 0 unspecified atom stereocenters. The van der Waals surface area contributed by atoms with Crippen molar-refractivity contribution < 1.29 is 4.79 Å². The summed E-state index contributed by atoms with van der Waals surface area (Å²) < 4.78 is 0. The quantitative estimate of drug-likeness (QED) is 0.750. The monoisotopic (exact) mass is 259 g/mol. The molecule has 1 aliphatic rings. The van der Waals surface area contributed by atoms with Crippen LogP contribution >= 0.6 is 0 Å². The summed E-state index contributed by atoms with van der Waals surface area (Å²) in [5.41, 5.74) is 2.93. The molecular weight excluding hydrogens is 242 g/mol. The Morgan fingerprint density at radius 3 is 2.95 bits per heavy atom. The molecule has 3 rings (SSSR count). The summed E-state index contributed by atoms with van der Waals surface area (Å²) in [5, 5.41) is 14.0. The van der Waals surface area contributed by atoms with Crippen molar-refractivity contribution in [2.75, 3.05) is 19.6 Å². The molecule has 0 saturated carbocycles. The minimum absolute atomic E-state index is 0.0492. The lowest BCUT2D eigenvalue weighted by molar-refractivity contribution is 0.0943. The number of carbonyl (C=O) groups is 1. The van der Waals surface area contributed by atoms with Crippen LogP contribution in [-0.2, 0) is 0 Å². The van der Waals surface area contributed by atoms with Crippen LogP contribution in [0.1, 0.15) is 21.7 Å². The molecule has 19 heavy (non-hydrogen) atoms. The lowest BCUT2D eigenvalue weighted by Gasteiger charge is -2.27. The van der Waals surface area contributed by atoms with Crippen molar-refractivity contribution >= 4 is 16.9 Å². The number of rotatable bonds is 3. The third kappa shape index (κ3) is 2.19. The standard InChI is InChI=1S/C13H17N5O/c1-7-3-10(11-8(2)17-18-12(11)16-7)13(19)15-6-9-4-14-5-9/h3,9,14H,4-6H2,1-2H3,(H,15,19)(H,16,17,18). The molecule has 0 spiro atoms. The van der Waals surface area contributed by atoms with Crippen LogP contribution in [0.4, 0.5) is 0 Å². The third-order valence-corrected chi connectivity index (χ3v) is 3.49. The van der Waals surface area contributed by atoms with Gasteiger partial charge in [0.15, 0.2) is 5.65 Å². The Kier molecular flexibility index (Phi) is 2.94. The van der Waals surface area contributed by atoms with E-state index in [1.165, 1.54) is 0 Å². The number of aromatic nitrogens is 3. The van der Waals surface area contributed by atoms with E-state index in [0.717, 1.165) is 29.9 Å². The fourth-order valence-electron chi connectivity index (χ4n) is 2.30. The highest BCUT2D eigenvalue weighted by atomic mass is 16.1. The number of aryl methyl sites for hydroxylation is 2. The third-order valence-electron chi connectivity index (χ3n) is 3.49. The Hall–Kier alpha value is -1.95. The van der Waals surface area contributed by atoms with Gasteiger partial charge in [0.05, 0.1) is 10.9 Å². The van der Waals surface area contributed by atoms with Gasteiger partial charge in [0.25, 0.3) is 5.91 Å². The van der Waals surface area contributed by atoms with Crippen molar-refractivity contribution in [2.45, 2.75) is 13.8 Å². The molecule has 1 aliphatic heterocycles. The van der Waals surface area contributed by atoms with Crippen molar-refractivity contribution in [1.82, 2.24) is 25.8 Å². The fourth-order valence-corrected chi connectivity index (χ4v) is 2.30. The molecule has 0 radical (unpaired) electrons. The van der Waals surface area contributed by atoms with E-state index in [2.05, 4.69) is 25.8 Å². The van der Waals surface area contributed by atoms with Gasteiger partial charge in [-0.1, -0.05) is 0 Å². The molecule has 1 saturated heterocycles. The first-order chi connectivity index (χ1) is 9.15. The number of aromatic amines is 1. The molecule has 0 aromatic carbocycles. The molecule has 1 fully saturated rings. The Morgan fingerprint density at radius 1 is 1.47 bits per heavy atom. The lowest BCUT2D eigenvalue weighted by atomic mass is 10.0. The highest BCUT2D eigenvalue weighted by Crippen LogP contribution is 2.19. The average molecular weight is 259 g/mol. The Morgan fingerprint density at radius 2 is 2.26 bits per heavy atom. The van der Waals surface area contributed by atoms with E-state index < -0.39 is 0 Å². The van der Waals surface area contributed by atoms with E-state index in [1.807, 2.05) is 19.9 Å². The fraction of sp³-hybridized carbons (Fsp3) is 0.462. The summed E-state index contributed by atoms with van der Waals surface area (Å²) >= 11 is 0. The first kappa shape index (κ1) is 12.1. The molecule has 2 aromatic rings. The zero-order valence-electron chi connectivity index (χ0n) is 11.1. The zero-order chi connectivity index (χ0) is 13.4. The minimum Gasteiger partial charge on any atom is -0.352 e. The van der Waals surface area contributed by atoms with E-state index in [-0.39, 0.29) is 5.91 Å². The van der Waals surface area contributed by atoms with Crippen LogP contribution < -0.4 is 10.6 Å².